The molecular formula is C17H28O3. The summed E-state index contributed by atoms with van der Waals surface area (Å²) in [7, 11) is 0. The molecule has 0 aromatic heterocycles. The van der Waals surface area contributed by atoms with Crippen LogP contribution in [0.15, 0.2) is 12.2 Å². The van der Waals surface area contributed by atoms with Gasteiger partial charge in [0, 0.05) is 12.8 Å². The van der Waals surface area contributed by atoms with Crippen molar-refractivity contribution in [1.82, 2.24) is 0 Å². The van der Waals surface area contributed by atoms with E-state index in [4.69, 9.17) is 4.74 Å². The average Bonchev–Trinajstić information content (AvgIpc) is 2.33. The molecule has 0 aromatic rings. The number of aliphatic hydroxyl groups excluding tert-OH is 1. The maximum Gasteiger partial charge on any atom is 0.302 e. The number of carbonyl (C=O) groups excluding carboxylic acids is 1. The second kappa shape index (κ2) is 5.18. The highest BCUT2D eigenvalue weighted by atomic mass is 16.5. The first-order valence-corrected chi connectivity index (χ1v) is 7.68. The lowest BCUT2D eigenvalue weighted by Gasteiger charge is -2.59. The monoisotopic (exact) mass is 280 g/mol. The third kappa shape index (κ3) is 2.41. The summed E-state index contributed by atoms with van der Waals surface area (Å²) >= 11 is 0. The van der Waals surface area contributed by atoms with Gasteiger partial charge in [-0.1, -0.05) is 32.9 Å². The van der Waals surface area contributed by atoms with Crippen LogP contribution in [0.3, 0.4) is 0 Å². The Hall–Kier alpha value is -0.830. The highest BCUT2D eigenvalue weighted by Crippen LogP contribution is 2.60. The Bertz CT molecular complexity index is 412. The minimum absolute atomic E-state index is 0.0769. The molecule has 114 valence electrons. The molecular weight excluding hydrogens is 252 g/mol. The zero-order valence-electron chi connectivity index (χ0n) is 13.2. The van der Waals surface area contributed by atoms with Gasteiger partial charge in [0.25, 0.3) is 0 Å². The minimum Gasteiger partial charge on any atom is -0.465 e. The van der Waals surface area contributed by atoms with Crippen LogP contribution >= 0.6 is 0 Å². The lowest BCUT2D eigenvalue weighted by molar-refractivity contribution is -0.152. The summed E-state index contributed by atoms with van der Waals surface area (Å²) in [6, 6.07) is 0. The van der Waals surface area contributed by atoms with Gasteiger partial charge in [-0.25, -0.2) is 0 Å². The average molecular weight is 280 g/mol. The summed E-state index contributed by atoms with van der Waals surface area (Å²) in [6.07, 6.45) is 3.62. The lowest BCUT2D eigenvalue weighted by Crippen LogP contribution is -2.55. The second-order valence-corrected chi connectivity index (χ2v) is 7.49. The van der Waals surface area contributed by atoms with E-state index in [0.717, 1.165) is 25.7 Å². The van der Waals surface area contributed by atoms with E-state index >= 15 is 0 Å². The standard InChI is InChI=1S/C17H28O3/c1-11-6-7-14-16(3,4)15(19)8-9-17(14,5)13(11)10-20-12(2)18/h13-15,19H,1,6-10H2,2-5H3/t13-,14?,15-,17+/m1/s1. The summed E-state index contributed by atoms with van der Waals surface area (Å²) in [5.74, 6) is 0.445. The van der Waals surface area contributed by atoms with Crippen molar-refractivity contribution in [3.63, 3.8) is 0 Å². The first-order valence-electron chi connectivity index (χ1n) is 7.68. The fourth-order valence-corrected chi connectivity index (χ4v) is 4.67. The fraction of sp³-hybridized carbons (Fsp3) is 0.824. The Kier molecular flexibility index (Phi) is 4.03. The minimum atomic E-state index is -0.235. The smallest absolute Gasteiger partial charge is 0.302 e. The van der Waals surface area contributed by atoms with Crippen LogP contribution < -0.4 is 0 Å². The van der Waals surface area contributed by atoms with Crippen molar-refractivity contribution in [1.29, 1.82) is 0 Å². The Morgan fingerprint density at radius 3 is 2.65 bits per heavy atom. The lowest BCUT2D eigenvalue weighted by atomic mass is 9.47. The van der Waals surface area contributed by atoms with Crippen LogP contribution in [-0.4, -0.2) is 23.8 Å². The van der Waals surface area contributed by atoms with E-state index in [-0.39, 0.29) is 28.8 Å². The van der Waals surface area contributed by atoms with Gasteiger partial charge in [-0.05, 0) is 42.4 Å². The number of hydrogen-bond donors (Lipinski definition) is 1. The SMILES string of the molecule is C=C1CCC2C(C)(C)[C@H](O)CC[C@@]2(C)[C@@H]1COC(C)=O. The van der Waals surface area contributed by atoms with Gasteiger partial charge in [-0.15, -0.1) is 0 Å². The molecule has 2 rings (SSSR count). The zero-order valence-corrected chi connectivity index (χ0v) is 13.2. The van der Waals surface area contributed by atoms with Gasteiger partial charge < -0.3 is 9.84 Å². The van der Waals surface area contributed by atoms with Crippen molar-refractivity contribution in [2.75, 3.05) is 6.61 Å². The number of carbonyl (C=O) groups is 1. The molecule has 0 spiro atoms. The molecule has 0 aromatic carbocycles. The molecule has 0 heterocycles. The highest BCUT2D eigenvalue weighted by Gasteiger charge is 2.56. The van der Waals surface area contributed by atoms with Crippen molar-refractivity contribution in [2.24, 2.45) is 22.7 Å². The molecule has 0 bridgehead atoms. The molecule has 0 saturated heterocycles. The van der Waals surface area contributed by atoms with Gasteiger partial charge in [0.1, 0.15) is 0 Å². The van der Waals surface area contributed by atoms with Gasteiger partial charge in [0.2, 0.25) is 0 Å². The fourth-order valence-electron chi connectivity index (χ4n) is 4.67. The largest absolute Gasteiger partial charge is 0.465 e. The molecule has 20 heavy (non-hydrogen) atoms. The molecule has 2 aliphatic carbocycles. The van der Waals surface area contributed by atoms with Crippen molar-refractivity contribution in [3.05, 3.63) is 12.2 Å². The molecule has 2 fully saturated rings. The Labute approximate surface area is 122 Å². The molecule has 3 heteroatoms. The van der Waals surface area contributed by atoms with Crippen LogP contribution in [0.1, 0.15) is 53.4 Å². The van der Waals surface area contributed by atoms with Gasteiger partial charge >= 0.3 is 5.97 Å². The van der Waals surface area contributed by atoms with Crippen molar-refractivity contribution in [2.45, 2.75) is 59.5 Å². The quantitative estimate of drug-likeness (QED) is 0.623. The summed E-state index contributed by atoms with van der Waals surface area (Å²) in [6.45, 7) is 12.8. The third-order valence-corrected chi connectivity index (χ3v) is 6.01. The molecule has 1 unspecified atom stereocenters. The maximum absolute atomic E-state index is 11.1. The topological polar surface area (TPSA) is 46.5 Å². The van der Waals surface area contributed by atoms with Gasteiger partial charge in [-0.2, -0.15) is 0 Å². The van der Waals surface area contributed by atoms with E-state index in [9.17, 15) is 9.90 Å². The first kappa shape index (κ1) is 15.6. The van der Waals surface area contributed by atoms with Crippen LogP contribution in [0.2, 0.25) is 0 Å². The van der Waals surface area contributed by atoms with E-state index in [2.05, 4.69) is 27.4 Å². The number of aliphatic hydroxyl groups is 1. The van der Waals surface area contributed by atoms with Crippen LogP contribution in [0, 0.1) is 22.7 Å². The van der Waals surface area contributed by atoms with E-state index in [1.807, 2.05) is 0 Å². The van der Waals surface area contributed by atoms with Crippen LogP contribution in [0.4, 0.5) is 0 Å². The van der Waals surface area contributed by atoms with Crippen LogP contribution in [-0.2, 0) is 9.53 Å². The van der Waals surface area contributed by atoms with Crippen molar-refractivity contribution < 1.29 is 14.6 Å². The molecule has 2 aliphatic rings. The Balaban J connectivity index is 2.28. The molecule has 3 nitrogen and oxygen atoms in total. The van der Waals surface area contributed by atoms with Crippen LogP contribution in [0.25, 0.3) is 0 Å². The molecule has 1 N–H and O–H groups in total. The maximum atomic E-state index is 11.1. The molecule has 0 radical (unpaired) electrons. The Morgan fingerprint density at radius 1 is 1.40 bits per heavy atom. The summed E-state index contributed by atoms with van der Waals surface area (Å²) in [5, 5.41) is 10.4. The molecule has 0 amide bonds. The number of fused-ring (bicyclic) bond motifs is 1. The van der Waals surface area contributed by atoms with E-state index in [1.54, 1.807) is 0 Å². The van der Waals surface area contributed by atoms with Crippen molar-refractivity contribution in [3.8, 4) is 0 Å². The predicted molar refractivity (Wildman–Crippen MR) is 79.1 cm³/mol. The highest BCUT2D eigenvalue weighted by molar-refractivity contribution is 5.65. The number of esters is 1. The normalized spacial score (nSPS) is 40.0. The van der Waals surface area contributed by atoms with E-state index in [1.165, 1.54) is 12.5 Å². The Morgan fingerprint density at radius 2 is 2.05 bits per heavy atom. The van der Waals surface area contributed by atoms with Crippen LogP contribution in [0.5, 0.6) is 0 Å². The number of ether oxygens (including phenoxy) is 1. The molecule has 4 atom stereocenters. The van der Waals surface area contributed by atoms with E-state index in [0.29, 0.717) is 12.5 Å². The third-order valence-electron chi connectivity index (χ3n) is 6.01. The number of hydrogen-bond acceptors (Lipinski definition) is 3. The first-order chi connectivity index (χ1) is 9.19. The molecule has 0 aliphatic heterocycles. The summed E-state index contributed by atoms with van der Waals surface area (Å²) in [5.41, 5.74) is 1.20. The van der Waals surface area contributed by atoms with Crippen molar-refractivity contribution >= 4 is 5.97 Å². The molecule has 2 saturated carbocycles. The predicted octanol–water partition coefficient (Wildman–Crippen LogP) is 3.32. The van der Waals surface area contributed by atoms with E-state index < -0.39 is 0 Å². The number of rotatable bonds is 2. The van der Waals surface area contributed by atoms with Gasteiger partial charge in [0.15, 0.2) is 0 Å². The second-order valence-electron chi connectivity index (χ2n) is 7.49. The summed E-state index contributed by atoms with van der Waals surface area (Å²) < 4.78 is 5.30. The summed E-state index contributed by atoms with van der Waals surface area (Å²) in [4.78, 5) is 11.1. The van der Waals surface area contributed by atoms with Gasteiger partial charge in [-0.3, -0.25) is 4.79 Å². The van der Waals surface area contributed by atoms with Gasteiger partial charge in [0.05, 0.1) is 12.7 Å². The zero-order chi connectivity index (χ0) is 15.1.